The van der Waals surface area contributed by atoms with Crippen molar-refractivity contribution in [1.82, 2.24) is 4.57 Å². The number of rotatable bonds is 3. The molecule has 0 bridgehead atoms. The molecule has 3 aromatic heterocycles. The third kappa shape index (κ3) is 5.48. The predicted molar refractivity (Wildman–Crippen MR) is 293 cm³/mol. The maximum absolute atomic E-state index is 6.59. The number of fused-ring (bicyclic) bond motifs is 16. The molecule has 0 amide bonds. The minimum Gasteiger partial charge on any atom is -0.456 e. The number of para-hydroxylation sites is 1. The highest BCUT2D eigenvalue weighted by atomic mass is 32.1. The highest BCUT2D eigenvalue weighted by molar-refractivity contribution is 7.25. The molecule has 0 saturated heterocycles. The topological polar surface area (TPSA) is 30.1 Å². The number of hydrogen-bond donors (Lipinski definition) is 1. The molecule has 331 valence electrons. The van der Waals surface area contributed by atoms with Gasteiger partial charge in [0.1, 0.15) is 11.2 Å². The molecule has 0 saturated carbocycles. The second-order valence-corrected chi connectivity index (χ2v) is 24.2. The van der Waals surface area contributed by atoms with E-state index >= 15 is 0 Å². The molecular formula is C63H54BN2OS. The lowest BCUT2D eigenvalue weighted by molar-refractivity contribution is 0.332. The van der Waals surface area contributed by atoms with Crippen molar-refractivity contribution in [2.45, 2.75) is 96.8 Å². The SMILES string of the molecule is CC(C)(C)c1ccc(Nc2cc3sc4cc5c(cc4c3cc2-c2ccc3c4c6c(ccc4n4c3c2[B]c2cc3c(cc2-4)C(C)(C)c2ccccc2-3)oc2ccccc26)C(C)(C)CCC5(C)C)cc1. The Morgan fingerprint density at radius 1 is 0.574 bits per heavy atom. The second kappa shape index (κ2) is 13.4. The van der Waals surface area contributed by atoms with Crippen LogP contribution in [0.3, 0.4) is 0 Å². The Labute approximate surface area is 403 Å². The molecule has 2 aliphatic carbocycles. The number of anilines is 2. The number of nitrogens with zero attached hydrogens (tertiary/aromatic N) is 1. The van der Waals surface area contributed by atoms with Crippen LogP contribution in [0, 0.1) is 0 Å². The fourth-order valence-electron chi connectivity index (χ4n) is 12.7. The van der Waals surface area contributed by atoms with E-state index in [0.717, 1.165) is 27.9 Å². The van der Waals surface area contributed by atoms with E-state index in [1.54, 1.807) is 0 Å². The summed E-state index contributed by atoms with van der Waals surface area (Å²) in [5.41, 5.74) is 22.6. The first-order valence-corrected chi connectivity index (χ1v) is 25.3. The summed E-state index contributed by atoms with van der Waals surface area (Å²) in [5.74, 6) is 0. The summed E-state index contributed by atoms with van der Waals surface area (Å²) in [6, 6.07) is 51.0. The Kier molecular flexibility index (Phi) is 7.96. The molecule has 14 rings (SSSR count). The minimum absolute atomic E-state index is 0.0664. The van der Waals surface area contributed by atoms with Crippen molar-refractivity contribution in [3.63, 3.8) is 0 Å². The summed E-state index contributed by atoms with van der Waals surface area (Å²) in [6.07, 6.45) is 2.39. The van der Waals surface area contributed by atoms with E-state index in [9.17, 15) is 0 Å². The Morgan fingerprint density at radius 3 is 2.09 bits per heavy atom. The monoisotopic (exact) mass is 897 g/mol. The quantitative estimate of drug-likeness (QED) is 0.179. The van der Waals surface area contributed by atoms with Crippen LogP contribution in [0.4, 0.5) is 11.4 Å². The van der Waals surface area contributed by atoms with Gasteiger partial charge in [0.15, 0.2) is 7.28 Å². The number of aromatic nitrogens is 1. The van der Waals surface area contributed by atoms with Gasteiger partial charge in [-0.15, -0.1) is 11.3 Å². The average Bonchev–Trinajstić information content (AvgIpc) is 4.03. The van der Waals surface area contributed by atoms with Gasteiger partial charge in [-0.2, -0.15) is 0 Å². The van der Waals surface area contributed by atoms with Crippen LogP contribution in [-0.4, -0.2) is 11.8 Å². The predicted octanol–water partition coefficient (Wildman–Crippen LogP) is 16.4. The van der Waals surface area contributed by atoms with Crippen molar-refractivity contribution in [3.05, 3.63) is 161 Å². The van der Waals surface area contributed by atoms with Gasteiger partial charge in [-0.3, -0.25) is 0 Å². The average molecular weight is 898 g/mol. The van der Waals surface area contributed by atoms with Crippen LogP contribution >= 0.6 is 11.3 Å². The van der Waals surface area contributed by atoms with E-state index in [4.69, 9.17) is 4.42 Å². The standard InChI is InChI=1S/C63H54BN2OS/c1-60(2,3)34-18-20-35(21-19-34)65-49-33-55-42(43-29-46-47(32-54(43)68-55)62(6,7)27-26-61(46,4)5)28-41(49)37-22-23-39-56-50(24-25-53-57(56)38-15-11-13-17-52(38)67-53)66-51-31-45-40(30-48(51)64-58(37)59(39)66)36-14-10-12-16-44(36)63(45,8)9/h10-25,28-33,65H,26-27H2,1-9H3. The second-order valence-electron chi connectivity index (χ2n) is 23.1. The third-order valence-corrected chi connectivity index (χ3v) is 17.8. The Hall–Kier alpha value is -6.56. The van der Waals surface area contributed by atoms with Crippen LogP contribution in [0.2, 0.25) is 0 Å². The largest absolute Gasteiger partial charge is 0.456 e. The number of nitrogens with one attached hydrogen (secondary N) is 1. The van der Waals surface area contributed by atoms with Crippen LogP contribution < -0.4 is 16.2 Å². The van der Waals surface area contributed by atoms with E-state index in [1.807, 2.05) is 11.3 Å². The summed E-state index contributed by atoms with van der Waals surface area (Å²) >= 11 is 1.94. The lowest BCUT2D eigenvalue weighted by atomic mass is 9.58. The number of benzene rings is 8. The first-order chi connectivity index (χ1) is 32.5. The lowest BCUT2D eigenvalue weighted by Gasteiger charge is -2.41. The van der Waals surface area contributed by atoms with Gasteiger partial charge >= 0.3 is 0 Å². The molecule has 8 aromatic carbocycles. The van der Waals surface area contributed by atoms with Crippen LogP contribution in [0.1, 0.15) is 103 Å². The molecule has 0 unspecified atom stereocenters. The maximum Gasteiger partial charge on any atom is 0.197 e. The van der Waals surface area contributed by atoms with E-state index < -0.39 is 0 Å². The molecule has 1 radical (unpaired) electrons. The van der Waals surface area contributed by atoms with Gasteiger partial charge < -0.3 is 14.3 Å². The number of hydrogen-bond acceptors (Lipinski definition) is 3. The Morgan fingerprint density at radius 2 is 1.29 bits per heavy atom. The molecule has 4 heterocycles. The summed E-state index contributed by atoms with van der Waals surface area (Å²) in [4.78, 5) is 0. The molecule has 1 aliphatic heterocycles. The van der Waals surface area contributed by atoms with Gasteiger partial charge in [0, 0.05) is 75.3 Å². The maximum atomic E-state index is 6.59. The van der Waals surface area contributed by atoms with Crippen molar-refractivity contribution in [2.75, 3.05) is 5.32 Å². The van der Waals surface area contributed by atoms with Gasteiger partial charge in [0.25, 0.3) is 0 Å². The molecule has 3 aliphatic rings. The molecular weight excluding hydrogens is 844 g/mol. The van der Waals surface area contributed by atoms with E-state index in [1.165, 1.54) is 127 Å². The Balaban J connectivity index is 1.08. The molecule has 68 heavy (non-hydrogen) atoms. The van der Waals surface area contributed by atoms with Crippen molar-refractivity contribution < 1.29 is 4.42 Å². The molecule has 0 fully saturated rings. The summed E-state index contributed by atoms with van der Waals surface area (Å²) in [6.45, 7) is 21.4. The molecule has 1 N–H and O–H groups in total. The van der Waals surface area contributed by atoms with Gasteiger partial charge in [0.05, 0.1) is 5.52 Å². The summed E-state index contributed by atoms with van der Waals surface area (Å²) in [7, 11) is 2.50. The summed E-state index contributed by atoms with van der Waals surface area (Å²) < 4.78 is 11.8. The van der Waals surface area contributed by atoms with E-state index in [0.29, 0.717) is 0 Å². The minimum atomic E-state index is -0.131. The van der Waals surface area contributed by atoms with Crippen molar-refractivity contribution in [2.24, 2.45) is 0 Å². The zero-order valence-electron chi connectivity index (χ0n) is 40.5. The van der Waals surface area contributed by atoms with Crippen molar-refractivity contribution in [3.8, 4) is 27.9 Å². The van der Waals surface area contributed by atoms with Crippen LogP contribution in [0.15, 0.2) is 138 Å². The van der Waals surface area contributed by atoms with Crippen molar-refractivity contribution >= 4 is 105 Å². The highest BCUT2D eigenvalue weighted by Crippen LogP contribution is 2.52. The van der Waals surface area contributed by atoms with Gasteiger partial charge in [0.2, 0.25) is 0 Å². The van der Waals surface area contributed by atoms with E-state index in [-0.39, 0.29) is 21.7 Å². The summed E-state index contributed by atoms with van der Waals surface area (Å²) in [5, 5.41) is 11.5. The zero-order chi connectivity index (χ0) is 46.4. The van der Waals surface area contributed by atoms with Gasteiger partial charge in [-0.25, -0.2) is 0 Å². The highest BCUT2D eigenvalue weighted by Gasteiger charge is 2.39. The number of furan rings is 1. The van der Waals surface area contributed by atoms with Crippen molar-refractivity contribution in [1.29, 1.82) is 0 Å². The lowest BCUT2D eigenvalue weighted by Crippen LogP contribution is -2.37. The van der Waals surface area contributed by atoms with Crippen LogP contribution in [-0.2, 0) is 21.7 Å². The Bertz CT molecular complexity index is 4030. The first-order valence-electron chi connectivity index (χ1n) is 24.5. The van der Waals surface area contributed by atoms with Crippen LogP contribution in [0.5, 0.6) is 0 Å². The zero-order valence-corrected chi connectivity index (χ0v) is 41.3. The molecule has 0 spiro atoms. The third-order valence-electron chi connectivity index (χ3n) is 16.6. The number of thiophene rings is 1. The molecule has 11 aromatic rings. The van der Waals surface area contributed by atoms with Gasteiger partial charge in [-0.1, -0.05) is 141 Å². The smallest absolute Gasteiger partial charge is 0.197 e. The van der Waals surface area contributed by atoms with Crippen LogP contribution in [0.25, 0.3) is 91.9 Å². The first kappa shape index (κ1) is 40.5. The molecule has 0 atom stereocenters. The normalized spacial score (nSPS) is 16.4. The molecule has 5 heteroatoms. The fraction of sp³-hybridized carbons (Fsp3) is 0.238. The van der Waals surface area contributed by atoms with Gasteiger partial charge in [-0.05, 0) is 140 Å². The van der Waals surface area contributed by atoms with E-state index in [2.05, 4.69) is 213 Å². The fourth-order valence-corrected chi connectivity index (χ4v) is 13.9. The molecule has 3 nitrogen and oxygen atoms in total.